The number of hydrogen-bond donors (Lipinski definition) is 1. The Morgan fingerprint density at radius 1 is 1.12 bits per heavy atom. The van der Waals surface area contributed by atoms with Crippen LogP contribution in [0.1, 0.15) is 10.5 Å². The number of rotatable bonds is 3. The lowest BCUT2D eigenvalue weighted by atomic mass is 10.3. The van der Waals surface area contributed by atoms with Crippen LogP contribution in [0.5, 0.6) is 11.8 Å². The van der Waals surface area contributed by atoms with E-state index in [4.69, 9.17) is 9.84 Å². The maximum atomic E-state index is 10.7. The molecule has 0 saturated carbocycles. The molecule has 5 nitrogen and oxygen atoms in total. The van der Waals surface area contributed by atoms with Crippen molar-refractivity contribution in [2.45, 2.75) is 0 Å². The molecule has 0 atom stereocenters. The molecule has 0 aliphatic heterocycles. The molecule has 2 heterocycles. The standard InChI is InChI=1S/C11H8N2O3/c14-11(15)8-4-3-6-10(13-8)16-9-5-1-2-7-12-9/h1-7H,(H,14,15). The van der Waals surface area contributed by atoms with Crippen molar-refractivity contribution < 1.29 is 14.6 Å². The van der Waals surface area contributed by atoms with Crippen molar-refractivity contribution in [1.29, 1.82) is 0 Å². The van der Waals surface area contributed by atoms with E-state index in [1.54, 1.807) is 36.5 Å². The molecular weight excluding hydrogens is 208 g/mol. The predicted octanol–water partition coefficient (Wildman–Crippen LogP) is 1.97. The summed E-state index contributed by atoms with van der Waals surface area (Å²) in [5.74, 6) is -0.511. The van der Waals surface area contributed by atoms with Crippen LogP contribution >= 0.6 is 0 Å². The van der Waals surface area contributed by atoms with Gasteiger partial charge in [0.15, 0.2) is 5.69 Å². The highest BCUT2D eigenvalue weighted by molar-refractivity contribution is 5.85. The summed E-state index contributed by atoms with van der Waals surface area (Å²) in [4.78, 5) is 18.4. The Hall–Kier alpha value is -2.43. The predicted molar refractivity (Wildman–Crippen MR) is 55.5 cm³/mol. The number of carboxylic acid groups (broad SMARTS) is 1. The maximum absolute atomic E-state index is 10.7. The minimum atomic E-state index is -1.09. The topological polar surface area (TPSA) is 72.3 Å². The molecule has 0 bridgehead atoms. The van der Waals surface area contributed by atoms with E-state index in [1.807, 2.05) is 0 Å². The van der Waals surface area contributed by atoms with Gasteiger partial charge in [0, 0.05) is 18.3 Å². The largest absolute Gasteiger partial charge is 0.477 e. The Morgan fingerprint density at radius 2 is 1.94 bits per heavy atom. The zero-order valence-electron chi connectivity index (χ0n) is 8.20. The third kappa shape index (κ3) is 2.33. The third-order valence-corrected chi connectivity index (χ3v) is 1.79. The zero-order valence-corrected chi connectivity index (χ0v) is 8.20. The van der Waals surface area contributed by atoms with Gasteiger partial charge in [0.2, 0.25) is 11.8 Å². The summed E-state index contributed by atoms with van der Waals surface area (Å²) in [6, 6.07) is 9.72. The van der Waals surface area contributed by atoms with Gasteiger partial charge in [-0.15, -0.1) is 0 Å². The lowest BCUT2D eigenvalue weighted by molar-refractivity contribution is 0.0689. The van der Waals surface area contributed by atoms with Gasteiger partial charge in [0.25, 0.3) is 0 Å². The maximum Gasteiger partial charge on any atom is 0.354 e. The molecule has 2 rings (SSSR count). The smallest absolute Gasteiger partial charge is 0.354 e. The van der Waals surface area contributed by atoms with Crippen LogP contribution in [0.15, 0.2) is 42.6 Å². The monoisotopic (exact) mass is 216 g/mol. The summed E-state index contributed by atoms with van der Waals surface area (Å²) in [6.45, 7) is 0. The van der Waals surface area contributed by atoms with Crippen molar-refractivity contribution in [2.24, 2.45) is 0 Å². The van der Waals surface area contributed by atoms with Gasteiger partial charge in [-0.2, -0.15) is 0 Å². The number of aromatic carboxylic acids is 1. The summed E-state index contributed by atoms with van der Waals surface area (Å²) in [5.41, 5.74) is -0.0616. The average Bonchev–Trinajstić information content (AvgIpc) is 2.30. The molecule has 0 fully saturated rings. The quantitative estimate of drug-likeness (QED) is 0.849. The average molecular weight is 216 g/mol. The molecule has 0 aliphatic rings. The van der Waals surface area contributed by atoms with E-state index in [1.165, 1.54) is 6.07 Å². The second kappa shape index (κ2) is 4.39. The first kappa shape index (κ1) is 10.1. The molecule has 2 aromatic rings. The van der Waals surface area contributed by atoms with Crippen molar-refractivity contribution in [2.75, 3.05) is 0 Å². The molecule has 0 aliphatic carbocycles. The van der Waals surface area contributed by atoms with Gasteiger partial charge >= 0.3 is 5.97 Å². The highest BCUT2D eigenvalue weighted by Gasteiger charge is 2.06. The number of carboxylic acids is 1. The molecule has 2 aromatic heterocycles. The SMILES string of the molecule is O=C(O)c1cccc(Oc2ccccn2)n1. The molecule has 0 spiro atoms. The summed E-state index contributed by atoms with van der Waals surface area (Å²) in [6.07, 6.45) is 1.58. The van der Waals surface area contributed by atoms with E-state index in [-0.39, 0.29) is 11.6 Å². The molecule has 1 N–H and O–H groups in total. The van der Waals surface area contributed by atoms with Crippen LogP contribution in [-0.4, -0.2) is 21.0 Å². The van der Waals surface area contributed by atoms with Gasteiger partial charge < -0.3 is 9.84 Å². The van der Waals surface area contributed by atoms with Crippen molar-refractivity contribution in [1.82, 2.24) is 9.97 Å². The van der Waals surface area contributed by atoms with Crippen molar-refractivity contribution in [3.8, 4) is 11.8 Å². The highest BCUT2D eigenvalue weighted by atomic mass is 16.5. The summed E-state index contributed by atoms with van der Waals surface area (Å²) in [7, 11) is 0. The van der Waals surface area contributed by atoms with Crippen molar-refractivity contribution in [3.63, 3.8) is 0 Å². The fourth-order valence-electron chi connectivity index (χ4n) is 1.11. The summed E-state index contributed by atoms with van der Waals surface area (Å²) in [5, 5.41) is 8.74. The molecule has 16 heavy (non-hydrogen) atoms. The van der Waals surface area contributed by atoms with Crippen LogP contribution < -0.4 is 4.74 Å². The molecular formula is C11H8N2O3. The van der Waals surface area contributed by atoms with E-state index in [9.17, 15) is 4.79 Å². The molecule has 0 unspecified atom stereocenters. The molecule has 0 aromatic carbocycles. The first-order valence-corrected chi connectivity index (χ1v) is 4.55. The Morgan fingerprint density at radius 3 is 2.62 bits per heavy atom. The number of pyridine rings is 2. The number of aromatic nitrogens is 2. The highest BCUT2D eigenvalue weighted by Crippen LogP contribution is 2.16. The molecule has 0 amide bonds. The zero-order chi connectivity index (χ0) is 11.4. The van der Waals surface area contributed by atoms with Crippen LogP contribution in [0, 0.1) is 0 Å². The van der Waals surface area contributed by atoms with Gasteiger partial charge in [0.1, 0.15) is 0 Å². The number of hydrogen-bond acceptors (Lipinski definition) is 4. The Balaban J connectivity index is 2.22. The summed E-state index contributed by atoms with van der Waals surface area (Å²) >= 11 is 0. The van der Waals surface area contributed by atoms with Gasteiger partial charge in [-0.3, -0.25) is 0 Å². The number of carbonyl (C=O) groups is 1. The van der Waals surface area contributed by atoms with E-state index in [2.05, 4.69) is 9.97 Å². The van der Waals surface area contributed by atoms with E-state index in [0.29, 0.717) is 5.88 Å². The first-order chi connectivity index (χ1) is 7.75. The molecule has 5 heteroatoms. The normalized spacial score (nSPS) is 9.75. The fourth-order valence-corrected chi connectivity index (χ4v) is 1.11. The van der Waals surface area contributed by atoms with E-state index >= 15 is 0 Å². The first-order valence-electron chi connectivity index (χ1n) is 4.55. The minimum absolute atomic E-state index is 0.0616. The second-order valence-corrected chi connectivity index (χ2v) is 2.94. The number of ether oxygens (including phenoxy) is 1. The summed E-state index contributed by atoms with van der Waals surface area (Å²) < 4.78 is 5.28. The van der Waals surface area contributed by atoms with Crippen molar-refractivity contribution >= 4 is 5.97 Å². The Bertz CT molecular complexity index is 500. The lowest BCUT2D eigenvalue weighted by Gasteiger charge is -2.03. The minimum Gasteiger partial charge on any atom is -0.477 e. The van der Waals surface area contributed by atoms with Crippen LogP contribution in [-0.2, 0) is 0 Å². The van der Waals surface area contributed by atoms with Gasteiger partial charge in [-0.05, 0) is 12.1 Å². The van der Waals surface area contributed by atoms with Gasteiger partial charge in [-0.1, -0.05) is 12.1 Å². The van der Waals surface area contributed by atoms with Crippen LogP contribution in [0.25, 0.3) is 0 Å². The van der Waals surface area contributed by atoms with E-state index < -0.39 is 5.97 Å². The molecule has 0 saturated heterocycles. The van der Waals surface area contributed by atoms with Crippen LogP contribution in [0.2, 0.25) is 0 Å². The Kier molecular flexibility index (Phi) is 2.77. The van der Waals surface area contributed by atoms with Crippen LogP contribution in [0.3, 0.4) is 0 Å². The third-order valence-electron chi connectivity index (χ3n) is 1.79. The van der Waals surface area contributed by atoms with Gasteiger partial charge in [-0.25, -0.2) is 14.8 Å². The van der Waals surface area contributed by atoms with Crippen LogP contribution in [0.4, 0.5) is 0 Å². The molecule has 0 radical (unpaired) electrons. The Labute approximate surface area is 91.4 Å². The van der Waals surface area contributed by atoms with Crippen molar-refractivity contribution in [3.05, 3.63) is 48.3 Å². The second-order valence-electron chi connectivity index (χ2n) is 2.94. The lowest BCUT2D eigenvalue weighted by Crippen LogP contribution is -2.00. The number of nitrogens with zero attached hydrogens (tertiary/aromatic N) is 2. The van der Waals surface area contributed by atoms with Gasteiger partial charge in [0.05, 0.1) is 0 Å². The fraction of sp³-hybridized carbons (Fsp3) is 0. The molecule has 80 valence electrons. The van der Waals surface area contributed by atoms with E-state index in [0.717, 1.165) is 0 Å².